The predicted molar refractivity (Wildman–Crippen MR) is 84.3 cm³/mol. The third-order valence-corrected chi connectivity index (χ3v) is 3.95. The van der Waals surface area contributed by atoms with E-state index in [2.05, 4.69) is 16.9 Å². The lowest BCUT2D eigenvalue weighted by molar-refractivity contribution is 0.210. The van der Waals surface area contributed by atoms with Gasteiger partial charge in [-0.1, -0.05) is 30.1 Å². The normalized spacial score (nSPS) is 15.0. The third kappa shape index (κ3) is 3.34. The Kier molecular flexibility index (Phi) is 4.38. The van der Waals surface area contributed by atoms with Crippen LogP contribution < -0.4 is 4.74 Å². The fraction of sp³-hybridized carbons (Fsp3) is 0.400. The van der Waals surface area contributed by atoms with Crippen LogP contribution in [0.1, 0.15) is 19.0 Å². The second kappa shape index (κ2) is 6.26. The number of hydrogen-bond acceptors (Lipinski definition) is 3. The summed E-state index contributed by atoms with van der Waals surface area (Å²) in [5.74, 6) is 1.41. The Morgan fingerprint density at radius 2 is 1.95 bits per heavy atom. The second-order valence-corrected chi connectivity index (χ2v) is 6.03. The molecule has 0 saturated heterocycles. The Morgan fingerprint density at radius 3 is 2.67 bits per heavy atom. The molecule has 112 valence electrons. The van der Waals surface area contributed by atoms with Gasteiger partial charge in [-0.05, 0) is 31.2 Å². The number of halogens is 2. The van der Waals surface area contributed by atoms with Crippen molar-refractivity contribution in [2.24, 2.45) is 0 Å². The first-order chi connectivity index (χ1) is 10.2. The van der Waals surface area contributed by atoms with Crippen LogP contribution in [0.3, 0.4) is 0 Å². The zero-order chi connectivity index (χ0) is 14.8. The van der Waals surface area contributed by atoms with E-state index in [1.807, 2.05) is 4.68 Å². The van der Waals surface area contributed by atoms with E-state index in [0.717, 1.165) is 44.0 Å². The first kappa shape index (κ1) is 14.7. The van der Waals surface area contributed by atoms with Crippen LogP contribution >= 0.6 is 23.2 Å². The minimum atomic E-state index is 0.561. The molecule has 21 heavy (non-hydrogen) atoms. The molecule has 2 aromatic rings. The first-order valence-electron chi connectivity index (χ1n) is 7.06. The average Bonchev–Trinajstić information content (AvgIpc) is 2.81. The van der Waals surface area contributed by atoms with Gasteiger partial charge in [-0.25, -0.2) is 0 Å². The molecule has 1 aliphatic heterocycles. The third-order valence-electron chi connectivity index (χ3n) is 3.52. The summed E-state index contributed by atoms with van der Waals surface area (Å²) < 4.78 is 7.93. The van der Waals surface area contributed by atoms with Gasteiger partial charge in [-0.15, -0.1) is 0 Å². The van der Waals surface area contributed by atoms with Crippen molar-refractivity contribution >= 4 is 23.2 Å². The monoisotopic (exact) mass is 325 g/mol. The van der Waals surface area contributed by atoms with Gasteiger partial charge in [-0.3, -0.25) is 9.58 Å². The number of rotatable bonds is 4. The summed E-state index contributed by atoms with van der Waals surface area (Å²) in [5.41, 5.74) is 1.10. The van der Waals surface area contributed by atoms with E-state index in [4.69, 9.17) is 27.9 Å². The summed E-state index contributed by atoms with van der Waals surface area (Å²) in [6, 6.07) is 5.20. The molecule has 1 aromatic carbocycles. The minimum absolute atomic E-state index is 0.561. The van der Waals surface area contributed by atoms with Gasteiger partial charge in [-0.2, -0.15) is 5.10 Å². The molecule has 1 aromatic heterocycles. The van der Waals surface area contributed by atoms with Gasteiger partial charge in [0.2, 0.25) is 0 Å². The topological polar surface area (TPSA) is 30.3 Å². The van der Waals surface area contributed by atoms with Crippen LogP contribution in [0, 0.1) is 0 Å². The van der Waals surface area contributed by atoms with Gasteiger partial charge in [0.05, 0.1) is 18.4 Å². The van der Waals surface area contributed by atoms with Crippen molar-refractivity contribution in [2.45, 2.75) is 26.4 Å². The first-order valence-corrected chi connectivity index (χ1v) is 7.82. The zero-order valence-corrected chi connectivity index (χ0v) is 13.4. The fourth-order valence-electron chi connectivity index (χ4n) is 2.58. The van der Waals surface area contributed by atoms with Gasteiger partial charge in [0.15, 0.2) is 5.75 Å². The molecule has 0 radical (unpaired) electrons. The number of ether oxygens (including phenoxy) is 1. The minimum Gasteiger partial charge on any atom is -0.454 e. The summed E-state index contributed by atoms with van der Waals surface area (Å²) >= 11 is 12.0. The van der Waals surface area contributed by atoms with Crippen molar-refractivity contribution in [3.63, 3.8) is 0 Å². The standard InChI is InChI=1S/C15H17Cl2N3O/c1-2-3-19-4-5-20-14(10-19)15(9-18-20)21-13-7-11(16)6-12(17)8-13/h6-9H,2-5,10H2,1H3. The smallest absolute Gasteiger partial charge is 0.169 e. The van der Waals surface area contributed by atoms with Crippen LogP contribution in [0.5, 0.6) is 11.5 Å². The maximum atomic E-state index is 6.00. The van der Waals surface area contributed by atoms with Crippen molar-refractivity contribution in [3.05, 3.63) is 40.1 Å². The van der Waals surface area contributed by atoms with Gasteiger partial charge >= 0.3 is 0 Å². The Morgan fingerprint density at radius 1 is 1.19 bits per heavy atom. The molecular formula is C15H17Cl2N3O. The van der Waals surface area contributed by atoms with E-state index in [0.29, 0.717) is 15.8 Å². The Hall–Kier alpha value is -1.23. The molecule has 6 heteroatoms. The zero-order valence-electron chi connectivity index (χ0n) is 11.9. The summed E-state index contributed by atoms with van der Waals surface area (Å²) in [4.78, 5) is 2.41. The summed E-state index contributed by atoms with van der Waals surface area (Å²) in [7, 11) is 0. The van der Waals surface area contributed by atoms with Crippen molar-refractivity contribution in [1.29, 1.82) is 0 Å². The Balaban J connectivity index is 1.82. The summed E-state index contributed by atoms with van der Waals surface area (Å²) in [6.45, 7) is 6.07. The van der Waals surface area contributed by atoms with Crippen LogP contribution in [0.2, 0.25) is 10.0 Å². The number of nitrogens with zero attached hydrogens (tertiary/aromatic N) is 3. The molecule has 0 unspecified atom stereocenters. The Labute approximate surface area is 134 Å². The highest BCUT2D eigenvalue weighted by Gasteiger charge is 2.21. The summed E-state index contributed by atoms with van der Waals surface area (Å²) in [5, 5.41) is 5.51. The average molecular weight is 326 g/mol. The lowest BCUT2D eigenvalue weighted by Gasteiger charge is -2.27. The van der Waals surface area contributed by atoms with E-state index in [1.165, 1.54) is 0 Å². The summed E-state index contributed by atoms with van der Waals surface area (Å²) in [6.07, 6.45) is 2.91. The molecule has 1 aliphatic rings. The SMILES string of the molecule is CCCN1CCn2ncc(Oc3cc(Cl)cc(Cl)c3)c2C1. The van der Waals surface area contributed by atoms with Crippen molar-refractivity contribution in [1.82, 2.24) is 14.7 Å². The van der Waals surface area contributed by atoms with Crippen LogP contribution in [0.25, 0.3) is 0 Å². The number of aromatic nitrogens is 2. The maximum Gasteiger partial charge on any atom is 0.169 e. The largest absolute Gasteiger partial charge is 0.454 e. The molecule has 0 aliphatic carbocycles. The quantitative estimate of drug-likeness (QED) is 0.843. The van der Waals surface area contributed by atoms with Gasteiger partial charge in [0.25, 0.3) is 0 Å². The highest BCUT2D eigenvalue weighted by atomic mass is 35.5. The molecule has 4 nitrogen and oxygen atoms in total. The van der Waals surface area contributed by atoms with Crippen molar-refractivity contribution < 1.29 is 4.74 Å². The lowest BCUT2D eigenvalue weighted by atomic mass is 10.2. The van der Waals surface area contributed by atoms with Gasteiger partial charge < -0.3 is 4.74 Å². The van der Waals surface area contributed by atoms with Crippen molar-refractivity contribution in [2.75, 3.05) is 13.1 Å². The molecule has 0 bridgehead atoms. The van der Waals surface area contributed by atoms with E-state index in [-0.39, 0.29) is 0 Å². The highest BCUT2D eigenvalue weighted by molar-refractivity contribution is 6.34. The molecule has 3 rings (SSSR count). The molecule has 0 saturated carbocycles. The van der Waals surface area contributed by atoms with Crippen LogP contribution in [0.4, 0.5) is 0 Å². The Bertz CT molecular complexity index is 622. The molecule has 0 amide bonds. The second-order valence-electron chi connectivity index (χ2n) is 5.16. The van der Waals surface area contributed by atoms with Crippen LogP contribution in [-0.4, -0.2) is 27.8 Å². The van der Waals surface area contributed by atoms with Crippen LogP contribution in [-0.2, 0) is 13.1 Å². The fourth-order valence-corrected chi connectivity index (χ4v) is 3.09. The molecule has 2 heterocycles. The molecule has 0 atom stereocenters. The van der Waals surface area contributed by atoms with Gasteiger partial charge in [0, 0.05) is 23.1 Å². The van der Waals surface area contributed by atoms with Crippen molar-refractivity contribution in [3.8, 4) is 11.5 Å². The van der Waals surface area contributed by atoms with Crippen LogP contribution in [0.15, 0.2) is 24.4 Å². The number of fused-ring (bicyclic) bond motifs is 1. The predicted octanol–water partition coefficient (Wildman–Crippen LogP) is 4.21. The van der Waals surface area contributed by atoms with E-state index < -0.39 is 0 Å². The maximum absolute atomic E-state index is 6.00. The molecular weight excluding hydrogens is 309 g/mol. The molecule has 0 fully saturated rings. The lowest BCUT2D eigenvalue weighted by Crippen LogP contribution is -2.34. The molecule has 0 spiro atoms. The highest BCUT2D eigenvalue weighted by Crippen LogP contribution is 2.31. The van der Waals surface area contributed by atoms with E-state index >= 15 is 0 Å². The number of benzene rings is 1. The van der Waals surface area contributed by atoms with E-state index in [9.17, 15) is 0 Å². The molecule has 0 N–H and O–H groups in total. The van der Waals surface area contributed by atoms with Gasteiger partial charge in [0.1, 0.15) is 5.75 Å². The number of hydrogen-bond donors (Lipinski definition) is 0. The van der Waals surface area contributed by atoms with E-state index in [1.54, 1.807) is 24.4 Å².